The lowest BCUT2D eigenvalue weighted by molar-refractivity contribution is 0.0947. The first kappa shape index (κ1) is 17.2. The van der Waals surface area contributed by atoms with Crippen LogP contribution in [0.15, 0.2) is 48.5 Å². The molecule has 1 N–H and O–H groups in total. The first-order valence-electron chi connectivity index (χ1n) is 7.72. The van der Waals surface area contributed by atoms with Crippen LogP contribution in [0.25, 0.3) is 0 Å². The van der Waals surface area contributed by atoms with Crippen molar-refractivity contribution in [3.8, 4) is 5.75 Å². The van der Waals surface area contributed by atoms with Gasteiger partial charge < -0.3 is 10.1 Å². The molecule has 126 valence electrons. The van der Waals surface area contributed by atoms with Gasteiger partial charge >= 0.3 is 0 Å². The lowest BCUT2D eigenvalue weighted by atomic mass is 10.1. The van der Waals surface area contributed by atoms with Gasteiger partial charge in [-0.25, -0.2) is 4.39 Å². The Morgan fingerprint density at radius 3 is 2.42 bits per heavy atom. The summed E-state index contributed by atoms with van der Waals surface area (Å²) in [6.45, 7) is 0.733. The molecular weight excluding hydrogens is 345 g/mol. The number of rotatable bonds is 6. The van der Waals surface area contributed by atoms with E-state index in [-0.39, 0.29) is 11.7 Å². The second-order valence-corrected chi connectivity index (χ2v) is 7.98. The number of benzene rings is 2. The number of nitrogens with one attached hydrogen (secondary N) is 1. The fraction of sp³-hybridized carbons (Fsp3) is 0.278. The van der Waals surface area contributed by atoms with Gasteiger partial charge in [0.05, 0.1) is 11.1 Å². The minimum absolute atomic E-state index is 0.115. The summed E-state index contributed by atoms with van der Waals surface area (Å²) in [5.41, 5.74) is 1.91. The van der Waals surface area contributed by atoms with Gasteiger partial charge in [-0.15, -0.1) is 23.5 Å². The lowest BCUT2D eigenvalue weighted by Gasteiger charge is -2.10. The van der Waals surface area contributed by atoms with Crippen molar-refractivity contribution in [2.75, 3.05) is 24.7 Å². The zero-order valence-corrected chi connectivity index (χ0v) is 14.7. The molecule has 0 atom stereocenters. The van der Waals surface area contributed by atoms with E-state index in [0.717, 1.165) is 0 Å². The van der Waals surface area contributed by atoms with Crippen LogP contribution in [-0.2, 0) is 0 Å². The Labute approximate surface area is 149 Å². The van der Waals surface area contributed by atoms with Crippen molar-refractivity contribution in [2.45, 2.75) is 4.58 Å². The molecule has 2 aromatic rings. The minimum Gasteiger partial charge on any atom is -0.492 e. The van der Waals surface area contributed by atoms with Crippen LogP contribution < -0.4 is 10.1 Å². The molecule has 3 nitrogen and oxygen atoms in total. The number of carbonyl (C=O) groups excluding carboxylic acids is 1. The highest BCUT2D eigenvalue weighted by Gasteiger charge is 2.18. The fourth-order valence-electron chi connectivity index (χ4n) is 2.31. The Hall–Kier alpha value is -1.66. The zero-order valence-electron chi connectivity index (χ0n) is 13.0. The third-order valence-electron chi connectivity index (χ3n) is 3.54. The molecule has 2 aromatic carbocycles. The number of carbonyl (C=O) groups is 1. The Morgan fingerprint density at radius 2 is 1.75 bits per heavy atom. The zero-order chi connectivity index (χ0) is 16.8. The largest absolute Gasteiger partial charge is 0.492 e. The van der Waals surface area contributed by atoms with Gasteiger partial charge in [-0.05, 0) is 42.0 Å². The highest BCUT2D eigenvalue weighted by molar-refractivity contribution is 8.19. The smallest absolute Gasteiger partial charge is 0.251 e. The van der Waals surface area contributed by atoms with E-state index >= 15 is 0 Å². The standard InChI is InChI=1S/C18H18FNO2S2/c19-15-5-7-16(8-6-15)22-10-9-20-17(21)13-1-3-14(4-2-13)18-23-11-12-24-18/h1-8,18H,9-12H2,(H,20,21). The molecule has 0 aromatic heterocycles. The quantitative estimate of drug-likeness (QED) is 0.784. The van der Waals surface area contributed by atoms with Gasteiger partial charge in [0.1, 0.15) is 18.2 Å². The Bertz CT molecular complexity index is 670. The van der Waals surface area contributed by atoms with Gasteiger partial charge in [0.25, 0.3) is 5.91 Å². The topological polar surface area (TPSA) is 38.3 Å². The summed E-state index contributed by atoms with van der Waals surface area (Å²) in [4.78, 5) is 12.1. The van der Waals surface area contributed by atoms with E-state index in [0.29, 0.717) is 29.0 Å². The summed E-state index contributed by atoms with van der Waals surface area (Å²) in [5, 5.41) is 2.82. The molecule has 0 aliphatic carbocycles. The number of ether oxygens (including phenoxy) is 1. The van der Waals surface area contributed by atoms with Gasteiger partial charge in [0.15, 0.2) is 0 Å². The maximum absolute atomic E-state index is 12.8. The summed E-state index contributed by atoms with van der Waals surface area (Å²) in [6, 6.07) is 13.6. The summed E-state index contributed by atoms with van der Waals surface area (Å²) >= 11 is 3.90. The fourth-order valence-corrected chi connectivity index (χ4v) is 5.17. The van der Waals surface area contributed by atoms with E-state index in [1.165, 1.54) is 29.2 Å². The van der Waals surface area contributed by atoms with Crippen LogP contribution in [0.5, 0.6) is 5.75 Å². The van der Waals surface area contributed by atoms with E-state index < -0.39 is 0 Å². The SMILES string of the molecule is O=C(NCCOc1ccc(F)cc1)c1ccc(C2SCCS2)cc1. The molecule has 1 aliphatic rings. The Morgan fingerprint density at radius 1 is 1.08 bits per heavy atom. The van der Waals surface area contributed by atoms with Crippen LogP contribution in [0.3, 0.4) is 0 Å². The molecule has 0 bridgehead atoms. The van der Waals surface area contributed by atoms with E-state index in [1.54, 1.807) is 12.1 Å². The normalized spacial score (nSPS) is 14.5. The molecule has 3 rings (SSSR count). The van der Waals surface area contributed by atoms with Crippen LogP contribution >= 0.6 is 23.5 Å². The Balaban J connectivity index is 1.43. The maximum atomic E-state index is 12.8. The molecule has 0 radical (unpaired) electrons. The molecule has 1 fully saturated rings. The van der Waals surface area contributed by atoms with Crippen molar-refractivity contribution in [2.24, 2.45) is 0 Å². The number of hydrogen-bond donors (Lipinski definition) is 1. The number of hydrogen-bond acceptors (Lipinski definition) is 4. The van der Waals surface area contributed by atoms with Crippen molar-refractivity contribution < 1.29 is 13.9 Å². The van der Waals surface area contributed by atoms with Crippen molar-refractivity contribution in [1.82, 2.24) is 5.32 Å². The second-order valence-electron chi connectivity index (χ2n) is 5.25. The molecule has 0 unspecified atom stereocenters. The van der Waals surface area contributed by atoms with Crippen molar-refractivity contribution in [1.29, 1.82) is 0 Å². The molecule has 24 heavy (non-hydrogen) atoms. The van der Waals surface area contributed by atoms with E-state index in [1.807, 2.05) is 47.8 Å². The van der Waals surface area contributed by atoms with Crippen molar-refractivity contribution in [3.05, 3.63) is 65.5 Å². The van der Waals surface area contributed by atoms with Gasteiger partial charge in [-0.1, -0.05) is 12.1 Å². The van der Waals surface area contributed by atoms with Crippen LogP contribution in [0.2, 0.25) is 0 Å². The average molecular weight is 363 g/mol. The number of thioether (sulfide) groups is 2. The van der Waals surface area contributed by atoms with E-state index in [9.17, 15) is 9.18 Å². The van der Waals surface area contributed by atoms with Crippen molar-refractivity contribution in [3.63, 3.8) is 0 Å². The summed E-state index contributed by atoms with van der Waals surface area (Å²) in [5.74, 6) is 2.54. The van der Waals surface area contributed by atoms with Gasteiger partial charge in [-0.3, -0.25) is 4.79 Å². The van der Waals surface area contributed by atoms with Crippen LogP contribution in [-0.4, -0.2) is 30.6 Å². The molecule has 1 aliphatic heterocycles. The first-order valence-corrected chi connectivity index (χ1v) is 9.82. The maximum Gasteiger partial charge on any atom is 0.251 e. The van der Waals surface area contributed by atoms with Gasteiger partial charge in [0, 0.05) is 17.1 Å². The second kappa shape index (κ2) is 8.44. The predicted octanol–water partition coefficient (Wildman–Crippen LogP) is 4.11. The molecule has 0 spiro atoms. The number of amides is 1. The third kappa shape index (κ3) is 4.68. The van der Waals surface area contributed by atoms with Crippen LogP contribution in [0.4, 0.5) is 4.39 Å². The molecular formula is C18H18FNO2S2. The third-order valence-corrected chi connectivity index (χ3v) is 6.64. The van der Waals surface area contributed by atoms with E-state index in [4.69, 9.17) is 4.74 Å². The predicted molar refractivity (Wildman–Crippen MR) is 98.3 cm³/mol. The molecule has 6 heteroatoms. The number of halogens is 1. The average Bonchev–Trinajstić information content (AvgIpc) is 3.15. The molecule has 0 saturated carbocycles. The summed E-state index contributed by atoms with van der Waals surface area (Å²) < 4.78 is 18.7. The highest BCUT2D eigenvalue weighted by atomic mass is 32.2. The van der Waals surface area contributed by atoms with Gasteiger partial charge in [-0.2, -0.15) is 0 Å². The minimum atomic E-state index is -0.298. The summed E-state index contributed by atoms with van der Waals surface area (Å²) in [6.07, 6.45) is 0. The lowest BCUT2D eigenvalue weighted by Crippen LogP contribution is -2.28. The molecule has 1 amide bonds. The highest BCUT2D eigenvalue weighted by Crippen LogP contribution is 2.45. The van der Waals surface area contributed by atoms with Crippen LogP contribution in [0, 0.1) is 5.82 Å². The monoisotopic (exact) mass is 363 g/mol. The van der Waals surface area contributed by atoms with E-state index in [2.05, 4.69) is 5.32 Å². The molecule has 1 heterocycles. The summed E-state index contributed by atoms with van der Waals surface area (Å²) in [7, 11) is 0. The first-order chi connectivity index (χ1) is 11.7. The van der Waals surface area contributed by atoms with Crippen LogP contribution in [0.1, 0.15) is 20.5 Å². The molecule has 1 saturated heterocycles. The van der Waals surface area contributed by atoms with Crippen molar-refractivity contribution >= 4 is 29.4 Å². The Kier molecular flexibility index (Phi) is 6.04. The van der Waals surface area contributed by atoms with Gasteiger partial charge in [0.2, 0.25) is 0 Å².